The minimum Gasteiger partial charge on any atom is -0.651 e. The molecule has 0 bridgehead atoms. The van der Waals surface area contributed by atoms with Crippen LogP contribution in [-0.4, -0.2) is 82.5 Å². The maximum absolute atomic E-state index is 12.0. The molecule has 15 heteroatoms. The molecule has 0 radical (unpaired) electrons. The topological polar surface area (TPSA) is 185 Å². The van der Waals surface area contributed by atoms with Gasteiger partial charge in [-0.1, -0.05) is 30.7 Å². The van der Waals surface area contributed by atoms with Gasteiger partial charge in [0.25, 0.3) is 0 Å². The molecule has 0 aromatic heterocycles. The zero-order valence-electron chi connectivity index (χ0n) is 24.9. The zero-order chi connectivity index (χ0) is 29.4. The number of alkyl carbamates (subject to hydrolysis) is 1. The summed E-state index contributed by atoms with van der Waals surface area (Å²) >= 11 is 0. The van der Waals surface area contributed by atoms with E-state index in [0.29, 0.717) is 37.2 Å². The van der Waals surface area contributed by atoms with Gasteiger partial charge in [-0.05, 0) is 18.4 Å². The van der Waals surface area contributed by atoms with E-state index in [4.69, 9.17) is 9.47 Å². The van der Waals surface area contributed by atoms with Gasteiger partial charge < -0.3 is 50.4 Å². The molecule has 0 aliphatic rings. The Labute approximate surface area is 346 Å². The van der Waals surface area contributed by atoms with Crippen molar-refractivity contribution in [3.8, 4) is 0 Å². The molecule has 5 amide bonds. The van der Waals surface area contributed by atoms with Gasteiger partial charge in [-0.2, -0.15) is 0 Å². The van der Waals surface area contributed by atoms with Crippen LogP contribution in [0.2, 0.25) is 0 Å². The SMILES string of the molecule is CNC(=O)CCNC(=O)Cc1ccc([N-]C(=O)CC(=O)[N-]CCOCCCOC(=O)NCCCCCC=O)cc1.[HH].[Rb+].[Rb+]. The average Bonchev–Trinajstić information content (AvgIpc) is 2.93. The Bertz CT molecular complexity index is 958. The number of benzene rings is 1. The number of ether oxygens (including phenoxy) is 2. The standard InChI is InChI=1S/C27H41N5O8.2Rb.H2/c1-28-23(34)11-13-29-24(35)19-21-7-9-22(10-8-21)32-26(37)20-25(36)30-14-18-39-16-6-17-40-27(38)31-12-4-2-3-5-15-33;;;/h7-10,15H,2-6,11-14,16-20H2,1H3,(H5,28,29,30,31,32,34,35,36,37,38);;;1H/q;2*+1;/p-2. The smallest absolute Gasteiger partial charge is 0.651 e. The third kappa shape index (κ3) is 25.0. The second-order valence-corrected chi connectivity index (χ2v) is 8.62. The van der Waals surface area contributed by atoms with Crippen LogP contribution in [0.25, 0.3) is 10.6 Å². The summed E-state index contributed by atoms with van der Waals surface area (Å²) in [7, 11) is 1.53. The van der Waals surface area contributed by atoms with Crippen molar-refractivity contribution >= 4 is 41.7 Å². The van der Waals surface area contributed by atoms with Crippen molar-refractivity contribution in [2.24, 2.45) is 0 Å². The number of hydrogen-bond donors (Lipinski definition) is 3. The Morgan fingerprint density at radius 2 is 1.60 bits per heavy atom. The predicted molar refractivity (Wildman–Crippen MR) is 149 cm³/mol. The van der Waals surface area contributed by atoms with Gasteiger partial charge >= 0.3 is 122 Å². The maximum Gasteiger partial charge on any atom is 1.00 e. The normalized spacial score (nSPS) is 9.74. The Hall–Kier alpha value is -0.390. The molecule has 3 N–H and O–H groups in total. The van der Waals surface area contributed by atoms with Gasteiger partial charge in [-0.25, -0.2) is 4.79 Å². The number of aldehydes is 1. The summed E-state index contributed by atoms with van der Waals surface area (Å²) in [6.45, 7) is 1.53. The molecule has 0 unspecified atom stereocenters. The van der Waals surface area contributed by atoms with Crippen molar-refractivity contribution in [1.82, 2.24) is 16.0 Å². The fourth-order valence-corrected chi connectivity index (χ4v) is 3.18. The van der Waals surface area contributed by atoms with Crippen LogP contribution in [0.15, 0.2) is 24.3 Å². The van der Waals surface area contributed by atoms with Gasteiger partial charge in [-0.3, -0.25) is 9.59 Å². The number of carbonyl (C=O) groups is 6. The molecule has 42 heavy (non-hydrogen) atoms. The molecule has 0 atom stereocenters. The summed E-state index contributed by atoms with van der Waals surface area (Å²) in [5.41, 5.74) is 1.07. The van der Waals surface area contributed by atoms with Crippen molar-refractivity contribution in [3.63, 3.8) is 0 Å². The van der Waals surface area contributed by atoms with E-state index in [0.717, 1.165) is 25.5 Å². The molecule has 0 saturated carbocycles. The minimum atomic E-state index is -0.634. The van der Waals surface area contributed by atoms with Crippen LogP contribution in [0.3, 0.4) is 0 Å². The second kappa shape index (κ2) is 29.3. The number of nitrogens with one attached hydrogen (secondary N) is 3. The summed E-state index contributed by atoms with van der Waals surface area (Å²) in [6, 6.07) is 6.47. The first-order valence-electron chi connectivity index (χ1n) is 13.3. The van der Waals surface area contributed by atoms with E-state index in [9.17, 15) is 28.8 Å². The first-order valence-corrected chi connectivity index (χ1v) is 13.3. The molecule has 0 fully saturated rings. The van der Waals surface area contributed by atoms with Crippen LogP contribution in [0.1, 0.15) is 51.9 Å². The maximum atomic E-state index is 12.0. The Morgan fingerprint density at radius 3 is 2.29 bits per heavy atom. The van der Waals surface area contributed by atoms with Crippen LogP contribution < -0.4 is 132 Å². The van der Waals surface area contributed by atoms with E-state index in [1.165, 1.54) is 7.05 Å². The van der Waals surface area contributed by atoms with Gasteiger partial charge in [0.1, 0.15) is 6.29 Å². The van der Waals surface area contributed by atoms with E-state index in [1.807, 2.05) is 0 Å². The van der Waals surface area contributed by atoms with Crippen molar-refractivity contribution in [2.45, 2.75) is 51.4 Å². The van der Waals surface area contributed by atoms with E-state index in [-0.39, 0.29) is 169 Å². The van der Waals surface area contributed by atoms with Crippen molar-refractivity contribution in [3.05, 3.63) is 40.5 Å². The molecule has 0 saturated heterocycles. The summed E-state index contributed by atoms with van der Waals surface area (Å²) in [6.07, 6.45) is 3.71. The van der Waals surface area contributed by atoms with Gasteiger partial charge in [0.2, 0.25) is 11.8 Å². The van der Waals surface area contributed by atoms with Gasteiger partial charge in [0.05, 0.1) is 24.8 Å². The Morgan fingerprint density at radius 1 is 0.857 bits per heavy atom. The number of unbranched alkanes of at least 4 members (excludes halogenated alkanes) is 3. The largest absolute Gasteiger partial charge is 1.00 e. The molecule has 1 aromatic carbocycles. The van der Waals surface area contributed by atoms with Crippen LogP contribution in [-0.2, 0) is 39.9 Å². The third-order valence-electron chi connectivity index (χ3n) is 5.27. The summed E-state index contributed by atoms with van der Waals surface area (Å²) < 4.78 is 10.4. The predicted octanol–water partition coefficient (Wildman–Crippen LogP) is -3.55. The van der Waals surface area contributed by atoms with Gasteiger partial charge in [0.15, 0.2) is 0 Å². The Kier molecular flexibility index (Phi) is 30.5. The monoisotopic (exact) mass is 733 g/mol. The van der Waals surface area contributed by atoms with Gasteiger partial charge in [0, 0.05) is 60.5 Å². The summed E-state index contributed by atoms with van der Waals surface area (Å²) in [4.78, 5) is 68.7. The second-order valence-electron chi connectivity index (χ2n) is 8.62. The molecular formula is C27H41N5O8Rb2. The van der Waals surface area contributed by atoms with E-state index >= 15 is 0 Å². The van der Waals surface area contributed by atoms with E-state index in [1.54, 1.807) is 24.3 Å². The molecule has 224 valence electrons. The van der Waals surface area contributed by atoms with Crippen LogP contribution in [0.4, 0.5) is 10.5 Å². The molecule has 0 spiro atoms. The number of carbonyl (C=O) groups excluding carboxylic acids is 6. The number of amides is 5. The quantitative estimate of drug-likeness (QED) is 0.0659. The molecule has 0 heterocycles. The number of hydrogen-bond acceptors (Lipinski definition) is 8. The first kappa shape index (κ1) is 43.7. The molecular weight excluding hydrogens is 693 g/mol. The molecule has 13 nitrogen and oxygen atoms in total. The number of rotatable bonds is 21. The molecule has 0 aliphatic heterocycles. The fraction of sp³-hybridized carbons (Fsp3) is 0.556. The fourth-order valence-electron chi connectivity index (χ4n) is 3.18. The zero-order valence-corrected chi connectivity index (χ0v) is 34.8. The average molecular weight is 735 g/mol. The van der Waals surface area contributed by atoms with Crippen molar-refractivity contribution < 1.29 is 156 Å². The summed E-state index contributed by atoms with van der Waals surface area (Å²) in [5.74, 6) is -1.63. The van der Waals surface area contributed by atoms with E-state index < -0.39 is 24.3 Å². The number of nitrogens with zero attached hydrogens (tertiary/aromatic N) is 2. The van der Waals surface area contributed by atoms with Crippen LogP contribution >= 0.6 is 0 Å². The van der Waals surface area contributed by atoms with Crippen molar-refractivity contribution in [2.75, 3.05) is 46.5 Å². The van der Waals surface area contributed by atoms with Crippen LogP contribution in [0.5, 0.6) is 0 Å². The van der Waals surface area contributed by atoms with Gasteiger partial charge in [-0.15, -0.1) is 12.2 Å². The first-order chi connectivity index (χ1) is 19.3. The molecule has 1 rings (SSSR count). The Balaban J connectivity index is -0.00000533. The van der Waals surface area contributed by atoms with Crippen molar-refractivity contribution in [1.29, 1.82) is 0 Å². The van der Waals surface area contributed by atoms with E-state index in [2.05, 4.69) is 26.6 Å². The summed E-state index contributed by atoms with van der Waals surface area (Å²) in [5, 5.41) is 15.4. The minimum absolute atomic E-state index is 0. The molecule has 0 aliphatic carbocycles. The molecule has 1 aromatic rings. The van der Waals surface area contributed by atoms with Crippen LogP contribution in [0, 0.1) is 0 Å². The third-order valence-corrected chi connectivity index (χ3v) is 5.27.